The second-order valence-corrected chi connectivity index (χ2v) is 6.52. The molecule has 1 saturated heterocycles. The molecule has 1 atom stereocenters. The fourth-order valence-electron chi connectivity index (χ4n) is 2.51. The van der Waals surface area contributed by atoms with Gasteiger partial charge in [-0.15, -0.1) is 11.3 Å². The summed E-state index contributed by atoms with van der Waals surface area (Å²) in [6.45, 7) is 8.07. The van der Waals surface area contributed by atoms with Gasteiger partial charge >= 0.3 is 0 Å². The van der Waals surface area contributed by atoms with Crippen molar-refractivity contribution in [2.24, 2.45) is 11.7 Å². The normalized spacial score (nSPS) is 18.8. The molecule has 0 saturated carbocycles. The summed E-state index contributed by atoms with van der Waals surface area (Å²) >= 11 is 1.35. The lowest BCUT2D eigenvalue weighted by Crippen LogP contribution is -2.20. The molecule has 1 aromatic heterocycles. The van der Waals surface area contributed by atoms with Crippen LogP contribution < -0.4 is 21.1 Å². The van der Waals surface area contributed by atoms with Crippen molar-refractivity contribution >= 4 is 27.9 Å². The molecule has 112 valence electrons. The average molecular weight is 297 g/mol. The zero-order chi connectivity index (χ0) is 14.9. The quantitative estimate of drug-likeness (QED) is 0.874. The van der Waals surface area contributed by atoms with Gasteiger partial charge in [0.05, 0.1) is 6.10 Å². The van der Waals surface area contributed by atoms with Gasteiger partial charge in [0.2, 0.25) is 0 Å². The highest BCUT2D eigenvalue weighted by Gasteiger charge is 2.29. The van der Waals surface area contributed by atoms with E-state index in [0.717, 1.165) is 18.1 Å². The third kappa shape index (κ3) is 2.85. The highest BCUT2D eigenvalue weighted by Crippen LogP contribution is 2.46. The van der Waals surface area contributed by atoms with Gasteiger partial charge in [-0.25, -0.2) is 0 Å². The van der Waals surface area contributed by atoms with Crippen molar-refractivity contribution in [2.45, 2.75) is 39.7 Å². The van der Waals surface area contributed by atoms with Crippen molar-refractivity contribution in [3.63, 3.8) is 0 Å². The number of ether oxygens (including phenoxy) is 1. The number of nitrogens with zero attached hydrogens (tertiary/aromatic N) is 1. The zero-order valence-corrected chi connectivity index (χ0v) is 13.1. The molecule has 20 heavy (non-hydrogen) atoms. The third-order valence-electron chi connectivity index (χ3n) is 3.61. The van der Waals surface area contributed by atoms with Gasteiger partial charge in [0.25, 0.3) is 5.91 Å². The molecule has 1 amide bonds. The molecule has 2 heterocycles. The van der Waals surface area contributed by atoms with Crippen LogP contribution in [0.15, 0.2) is 0 Å². The first-order valence-corrected chi connectivity index (χ1v) is 7.89. The first-order chi connectivity index (χ1) is 9.43. The van der Waals surface area contributed by atoms with Crippen LogP contribution in [0.5, 0.6) is 5.75 Å². The Hall–Kier alpha value is -1.43. The Morgan fingerprint density at radius 1 is 1.55 bits per heavy atom. The molecule has 2 rings (SSSR count). The number of hydrogen-bond donors (Lipinski definition) is 2. The van der Waals surface area contributed by atoms with Crippen LogP contribution in [0.2, 0.25) is 0 Å². The Bertz CT molecular complexity index is 499. The molecule has 0 radical (unpaired) electrons. The topological polar surface area (TPSA) is 81.6 Å². The van der Waals surface area contributed by atoms with Gasteiger partial charge in [0.1, 0.15) is 15.6 Å². The van der Waals surface area contributed by atoms with Crippen LogP contribution in [0.3, 0.4) is 0 Å². The predicted octanol–water partition coefficient (Wildman–Crippen LogP) is 2.45. The summed E-state index contributed by atoms with van der Waals surface area (Å²) in [5.41, 5.74) is 11.8. The van der Waals surface area contributed by atoms with Crippen molar-refractivity contribution in [1.82, 2.24) is 0 Å². The van der Waals surface area contributed by atoms with E-state index in [1.165, 1.54) is 24.2 Å². The minimum absolute atomic E-state index is 0.0101. The molecule has 0 spiro atoms. The zero-order valence-electron chi connectivity index (χ0n) is 12.3. The van der Waals surface area contributed by atoms with Crippen molar-refractivity contribution in [1.29, 1.82) is 0 Å². The standard InChI is InChI=1S/C14H23N3O2S/c1-4-9-5-6-17(7-9)14-11(19-8(2)3)10(15)12(20-14)13(16)18/h8-9H,4-7,15H2,1-3H3,(H2,16,18). The lowest BCUT2D eigenvalue weighted by molar-refractivity contribution is 0.100. The van der Waals surface area contributed by atoms with E-state index in [0.29, 0.717) is 22.2 Å². The molecule has 0 aliphatic carbocycles. The Kier molecular flexibility index (Phi) is 4.42. The SMILES string of the molecule is CCC1CCN(c2sc(C(N)=O)c(N)c2OC(C)C)C1. The molecule has 1 aliphatic heterocycles. The van der Waals surface area contributed by atoms with Crippen molar-refractivity contribution < 1.29 is 9.53 Å². The minimum Gasteiger partial charge on any atom is -0.486 e. The van der Waals surface area contributed by atoms with E-state index in [-0.39, 0.29) is 6.10 Å². The van der Waals surface area contributed by atoms with E-state index < -0.39 is 5.91 Å². The molecule has 1 fully saturated rings. The highest BCUT2D eigenvalue weighted by molar-refractivity contribution is 7.19. The maximum absolute atomic E-state index is 11.5. The van der Waals surface area contributed by atoms with Gasteiger partial charge < -0.3 is 21.1 Å². The lowest BCUT2D eigenvalue weighted by Gasteiger charge is -2.20. The Balaban J connectivity index is 2.35. The molecule has 1 aliphatic rings. The van der Waals surface area contributed by atoms with Gasteiger partial charge in [0.15, 0.2) is 5.75 Å². The molecule has 1 unspecified atom stereocenters. The van der Waals surface area contributed by atoms with Crippen LogP contribution >= 0.6 is 11.3 Å². The fraction of sp³-hybridized carbons (Fsp3) is 0.643. The molecular weight excluding hydrogens is 274 g/mol. The molecule has 6 heteroatoms. The molecule has 1 aromatic rings. The summed E-state index contributed by atoms with van der Waals surface area (Å²) in [5, 5.41) is 0.945. The van der Waals surface area contributed by atoms with E-state index in [9.17, 15) is 4.79 Å². The van der Waals surface area contributed by atoms with Gasteiger partial charge in [0, 0.05) is 13.1 Å². The summed E-state index contributed by atoms with van der Waals surface area (Å²) < 4.78 is 5.82. The second-order valence-electron chi connectivity index (χ2n) is 5.52. The minimum atomic E-state index is -0.487. The van der Waals surface area contributed by atoms with Gasteiger partial charge in [-0.3, -0.25) is 4.79 Å². The number of carbonyl (C=O) groups is 1. The summed E-state index contributed by atoms with van der Waals surface area (Å²) in [5.74, 6) is 0.830. The Morgan fingerprint density at radius 3 is 2.75 bits per heavy atom. The number of nitrogen functional groups attached to an aromatic ring is 1. The van der Waals surface area contributed by atoms with Crippen molar-refractivity contribution in [2.75, 3.05) is 23.7 Å². The number of primary amides is 1. The number of carbonyl (C=O) groups excluding carboxylic acids is 1. The second kappa shape index (κ2) is 5.91. The Labute approximate surface area is 123 Å². The number of amides is 1. The molecule has 4 N–H and O–H groups in total. The van der Waals surface area contributed by atoms with E-state index in [4.69, 9.17) is 16.2 Å². The average Bonchev–Trinajstić information content (AvgIpc) is 2.95. The summed E-state index contributed by atoms with van der Waals surface area (Å²) in [6, 6.07) is 0. The first-order valence-electron chi connectivity index (χ1n) is 7.07. The monoisotopic (exact) mass is 297 g/mol. The number of rotatable bonds is 5. The molecule has 0 bridgehead atoms. The van der Waals surface area contributed by atoms with Gasteiger partial charge in [-0.2, -0.15) is 0 Å². The lowest BCUT2D eigenvalue weighted by atomic mass is 10.1. The van der Waals surface area contributed by atoms with Crippen LogP contribution in [0.4, 0.5) is 10.7 Å². The van der Waals surface area contributed by atoms with E-state index >= 15 is 0 Å². The van der Waals surface area contributed by atoms with E-state index in [1.54, 1.807) is 0 Å². The number of hydrogen-bond acceptors (Lipinski definition) is 5. The van der Waals surface area contributed by atoms with Crippen LogP contribution in [-0.4, -0.2) is 25.1 Å². The van der Waals surface area contributed by atoms with Crippen LogP contribution in [0, 0.1) is 5.92 Å². The van der Waals surface area contributed by atoms with Gasteiger partial charge in [-0.05, 0) is 26.2 Å². The van der Waals surface area contributed by atoms with Crippen LogP contribution in [0.25, 0.3) is 0 Å². The first kappa shape index (κ1) is 15.0. The van der Waals surface area contributed by atoms with E-state index in [2.05, 4.69) is 11.8 Å². The largest absolute Gasteiger partial charge is 0.486 e. The molecule has 5 nitrogen and oxygen atoms in total. The molecular formula is C14H23N3O2S. The summed E-state index contributed by atoms with van der Waals surface area (Å²) in [7, 11) is 0. The Morgan fingerprint density at radius 2 is 2.25 bits per heavy atom. The maximum Gasteiger partial charge on any atom is 0.261 e. The fourth-order valence-corrected chi connectivity index (χ4v) is 3.55. The van der Waals surface area contributed by atoms with Crippen LogP contribution in [0.1, 0.15) is 43.3 Å². The van der Waals surface area contributed by atoms with Crippen LogP contribution in [-0.2, 0) is 0 Å². The van der Waals surface area contributed by atoms with Crippen molar-refractivity contribution in [3.05, 3.63) is 4.88 Å². The number of anilines is 2. The molecule has 0 aromatic carbocycles. The number of nitrogens with two attached hydrogens (primary N) is 2. The predicted molar refractivity (Wildman–Crippen MR) is 83.6 cm³/mol. The number of thiophene rings is 1. The summed E-state index contributed by atoms with van der Waals surface area (Å²) in [6.07, 6.45) is 2.35. The maximum atomic E-state index is 11.5. The van der Waals surface area contributed by atoms with Crippen molar-refractivity contribution in [3.8, 4) is 5.75 Å². The van der Waals surface area contributed by atoms with Gasteiger partial charge in [-0.1, -0.05) is 13.3 Å². The third-order valence-corrected chi connectivity index (χ3v) is 4.87. The smallest absolute Gasteiger partial charge is 0.261 e. The van der Waals surface area contributed by atoms with E-state index in [1.807, 2.05) is 13.8 Å². The summed E-state index contributed by atoms with van der Waals surface area (Å²) in [4.78, 5) is 14.1. The highest BCUT2D eigenvalue weighted by atomic mass is 32.1.